The average Bonchev–Trinajstić information content (AvgIpc) is 2.46. The number of unbranched alkanes of at least 4 members (excludes halogenated alkanes) is 4. The quantitative estimate of drug-likeness (QED) is 0.631. The Morgan fingerprint density at radius 2 is 1.79 bits per heavy atom. The van der Waals surface area contributed by atoms with Crippen LogP contribution in [0.5, 0.6) is 0 Å². The minimum Gasteiger partial charge on any atom is -0.311 e. The van der Waals surface area contributed by atoms with E-state index in [0.29, 0.717) is 6.04 Å². The minimum absolute atomic E-state index is 0.713. The van der Waals surface area contributed by atoms with Crippen LogP contribution in [0.4, 0.5) is 0 Å². The lowest BCUT2D eigenvalue weighted by Gasteiger charge is -2.43. The molecule has 19 heavy (non-hydrogen) atoms. The lowest BCUT2D eigenvalue weighted by Crippen LogP contribution is -2.58. The van der Waals surface area contributed by atoms with Crippen LogP contribution in [-0.2, 0) is 0 Å². The van der Waals surface area contributed by atoms with Crippen molar-refractivity contribution in [2.45, 2.75) is 97.2 Å². The molecule has 0 radical (unpaired) electrons. The van der Waals surface area contributed by atoms with E-state index in [1.54, 1.807) is 0 Å². The fraction of sp³-hybridized carbons (Fsp3) is 1.00. The number of nitrogens with one attached hydrogen (secondary N) is 1. The van der Waals surface area contributed by atoms with E-state index in [4.69, 9.17) is 0 Å². The van der Waals surface area contributed by atoms with Crippen molar-refractivity contribution in [1.82, 2.24) is 10.2 Å². The van der Waals surface area contributed by atoms with E-state index in [2.05, 4.69) is 37.9 Å². The van der Waals surface area contributed by atoms with E-state index in [-0.39, 0.29) is 0 Å². The molecule has 0 aromatic carbocycles. The highest BCUT2D eigenvalue weighted by Gasteiger charge is 2.28. The average molecular weight is 268 g/mol. The van der Waals surface area contributed by atoms with Gasteiger partial charge in [0.15, 0.2) is 0 Å². The first-order chi connectivity index (χ1) is 9.22. The zero-order chi connectivity index (χ0) is 14.1. The summed E-state index contributed by atoms with van der Waals surface area (Å²) < 4.78 is 0. The third-order valence-corrected chi connectivity index (χ3v) is 4.80. The van der Waals surface area contributed by atoms with Crippen molar-refractivity contribution in [2.75, 3.05) is 13.1 Å². The molecule has 1 aliphatic heterocycles. The monoisotopic (exact) mass is 268 g/mol. The van der Waals surface area contributed by atoms with Gasteiger partial charge in [0, 0.05) is 31.2 Å². The molecule has 1 heterocycles. The summed E-state index contributed by atoms with van der Waals surface area (Å²) in [6, 6.07) is 2.24. The Kier molecular flexibility index (Phi) is 8.72. The van der Waals surface area contributed by atoms with Gasteiger partial charge in [-0.1, -0.05) is 52.9 Å². The van der Waals surface area contributed by atoms with Crippen LogP contribution in [-0.4, -0.2) is 36.1 Å². The van der Waals surface area contributed by atoms with Crippen LogP contribution >= 0.6 is 0 Å². The molecule has 0 aliphatic carbocycles. The molecule has 2 heteroatoms. The van der Waals surface area contributed by atoms with E-state index in [0.717, 1.165) is 12.1 Å². The Bertz CT molecular complexity index is 217. The molecule has 1 saturated heterocycles. The fourth-order valence-corrected chi connectivity index (χ4v) is 3.29. The van der Waals surface area contributed by atoms with E-state index in [1.165, 1.54) is 64.5 Å². The Hall–Kier alpha value is -0.0800. The highest BCUT2D eigenvalue weighted by molar-refractivity contribution is 4.87. The Morgan fingerprint density at radius 1 is 1.05 bits per heavy atom. The molecule has 1 rings (SSSR count). The maximum absolute atomic E-state index is 3.70. The second kappa shape index (κ2) is 9.77. The smallest absolute Gasteiger partial charge is 0.0221 e. The van der Waals surface area contributed by atoms with Gasteiger partial charge in [-0.15, -0.1) is 0 Å². The van der Waals surface area contributed by atoms with Crippen molar-refractivity contribution in [1.29, 1.82) is 0 Å². The van der Waals surface area contributed by atoms with Crippen molar-refractivity contribution in [3.05, 3.63) is 0 Å². The van der Waals surface area contributed by atoms with Crippen LogP contribution < -0.4 is 5.32 Å². The molecular weight excluding hydrogens is 232 g/mol. The van der Waals surface area contributed by atoms with Crippen LogP contribution in [0.2, 0.25) is 0 Å². The van der Waals surface area contributed by atoms with Crippen LogP contribution in [0.1, 0.15) is 79.1 Å². The van der Waals surface area contributed by atoms with Gasteiger partial charge >= 0.3 is 0 Å². The van der Waals surface area contributed by atoms with Crippen molar-refractivity contribution in [3.63, 3.8) is 0 Å². The Balaban J connectivity index is 2.31. The van der Waals surface area contributed by atoms with Crippen LogP contribution in [0.15, 0.2) is 0 Å². The van der Waals surface area contributed by atoms with E-state index in [9.17, 15) is 0 Å². The van der Waals surface area contributed by atoms with Gasteiger partial charge in [-0.3, -0.25) is 4.90 Å². The van der Waals surface area contributed by atoms with Crippen LogP contribution in [0, 0.1) is 0 Å². The standard InChI is InChI=1S/C17H36N2/c1-5-8-9-10-11-12-15(4)19-14-16(6-2)18-13-17(19)7-3/h15-18H,5-14H2,1-4H3. The summed E-state index contributed by atoms with van der Waals surface area (Å²) in [5.74, 6) is 0. The Morgan fingerprint density at radius 3 is 2.42 bits per heavy atom. The number of hydrogen-bond donors (Lipinski definition) is 1. The van der Waals surface area contributed by atoms with Crippen molar-refractivity contribution in [3.8, 4) is 0 Å². The summed E-state index contributed by atoms with van der Waals surface area (Å²) in [6.07, 6.45) is 11.0. The fourth-order valence-electron chi connectivity index (χ4n) is 3.29. The molecule has 3 unspecified atom stereocenters. The molecule has 1 aliphatic rings. The molecule has 114 valence electrons. The SMILES string of the molecule is CCCCCCCC(C)N1CC(CC)NCC1CC. The second-order valence-corrected chi connectivity index (χ2v) is 6.32. The van der Waals surface area contributed by atoms with E-state index in [1.807, 2.05) is 0 Å². The van der Waals surface area contributed by atoms with Crippen LogP contribution in [0.3, 0.4) is 0 Å². The minimum atomic E-state index is 0.713. The Labute approximate surface area is 121 Å². The summed E-state index contributed by atoms with van der Waals surface area (Å²) in [6.45, 7) is 11.8. The molecule has 0 spiro atoms. The molecule has 1 N–H and O–H groups in total. The third-order valence-electron chi connectivity index (χ3n) is 4.80. The second-order valence-electron chi connectivity index (χ2n) is 6.32. The van der Waals surface area contributed by atoms with Gasteiger partial charge in [-0.05, 0) is 26.2 Å². The van der Waals surface area contributed by atoms with Crippen molar-refractivity contribution < 1.29 is 0 Å². The molecule has 0 aromatic rings. The summed E-state index contributed by atoms with van der Waals surface area (Å²) in [5, 5.41) is 3.70. The first kappa shape index (κ1) is 17.0. The number of rotatable bonds is 9. The summed E-state index contributed by atoms with van der Waals surface area (Å²) >= 11 is 0. The molecule has 3 atom stereocenters. The molecule has 0 aromatic heterocycles. The van der Waals surface area contributed by atoms with Crippen molar-refractivity contribution >= 4 is 0 Å². The van der Waals surface area contributed by atoms with Crippen molar-refractivity contribution in [2.24, 2.45) is 0 Å². The maximum Gasteiger partial charge on any atom is 0.0221 e. The molecule has 0 bridgehead atoms. The zero-order valence-electron chi connectivity index (χ0n) is 13.8. The normalized spacial score (nSPS) is 26.5. The topological polar surface area (TPSA) is 15.3 Å². The lowest BCUT2D eigenvalue weighted by atomic mass is 9.99. The summed E-state index contributed by atoms with van der Waals surface area (Å²) in [5.41, 5.74) is 0. The van der Waals surface area contributed by atoms with Gasteiger partial charge in [0.1, 0.15) is 0 Å². The van der Waals surface area contributed by atoms with Gasteiger partial charge in [-0.25, -0.2) is 0 Å². The largest absolute Gasteiger partial charge is 0.311 e. The van der Waals surface area contributed by atoms with Gasteiger partial charge in [0.2, 0.25) is 0 Å². The predicted molar refractivity (Wildman–Crippen MR) is 85.7 cm³/mol. The van der Waals surface area contributed by atoms with Gasteiger partial charge in [0.25, 0.3) is 0 Å². The van der Waals surface area contributed by atoms with E-state index < -0.39 is 0 Å². The first-order valence-electron chi connectivity index (χ1n) is 8.71. The highest BCUT2D eigenvalue weighted by atomic mass is 15.2. The predicted octanol–water partition coefficient (Wildman–Crippen LogP) is 4.20. The summed E-state index contributed by atoms with van der Waals surface area (Å²) in [4.78, 5) is 2.78. The molecule has 0 amide bonds. The molecular formula is C17H36N2. The number of hydrogen-bond acceptors (Lipinski definition) is 2. The zero-order valence-corrected chi connectivity index (χ0v) is 13.8. The number of piperazine rings is 1. The van der Waals surface area contributed by atoms with Crippen LogP contribution in [0.25, 0.3) is 0 Å². The maximum atomic E-state index is 3.70. The highest BCUT2D eigenvalue weighted by Crippen LogP contribution is 2.19. The first-order valence-corrected chi connectivity index (χ1v) is 8.71. The van der Waals surface area contributed by atoms with Gasteiger partial charge in [0.05, 0.1) is 0 Å². The lowest BCUT2D eigenvalue weighted by molar-refractivity contribution is 0.0798. The molecule has 0 saturated carbocycles. The van der Waals surface area contributed by atoms with Gasteiger partial charge < -0.3 is 5.32 Å². The number of nitrogens with zero attached hydrogens (tertiary/aromatic N) is 1. The third kappa shape index (κ3) is 5.83. The molecule has 2 nitrogen and oxygen atoms in total. The molecule has 1 fully saturated rings. The van der Waals surface area contributed by atoms with Gasteiger partial charge in [-0.2, -0.15) is 0 Å². The van der Waals surface area contributed by atoms with E-state index >= 15 is 0 Å². The summed E-state index contributed by atoms with van der Waals surface area (Å²) in [7, 11) is 0.